The number of nitrogens with zero attached hydrogens (tertiary/aromatic N) is 2. The monoisotopic (exact) mass is 288 g/mol. The molecule has 2 aromatic rings. The van der Waals surface area contributed by atoms with Gasteiger partial charge < -0.3 is 10.1 Å². The van der Waals surface area contributed by atoms with Crippen molar-refractivity contribution in [2.45, 2.75) is 32.7 Å². The normalized spacial score (nSPS) is 12.0. The summed E-state index contributed by atoms with van der Waals surface area (Å²) in [6.45, 7) is 3.89. The highest BCUT2D eigenvalue weighted by Gasteiger charge is 2.15. The molecule has 0 bridgehead atoms. The molecule has 1 aromatic heterocycles. The summed E-state index contributed by atoms with van der Waals surface area (Å²) in [5.41, 5.74) is 1.05. The number of aryl methyl sites for hydroxylation is 1. The molecule has 1 heterocycles. The Bertz CT molecular complexity index is 609. The number of ether oxygens (including phenoxy) is 1. The standard InChI is InChI=1S/C15H20N4O2/c1-4-13-17-14(19-18-13)15(20)16-10(2)9-11-7-5-6-8-12(11)21-3/h5-8,10H,4,9H2,1-3H3,(H,16,20)(H,17,18,19). The van der Waals surface area contributed by atoms with E-state index in [9.17, 15) is 4.79 Å². The Labute approximate surface area is 123 Å². The van der Waals surface area contributed by atoms with Crippen molar-refractivity contribution in [2.75, 3.05) is 7.11 Å². The van der Waals surface area contributed by atoms with Gasteiger partial charge in [0.15, 0.2) is 0 Å². The van der Waals surface area contributed by atoms with Crippen LogP contribution in [-0.2, 0) is 12.8 Å². The first-order chi connectivity index (χ1) is 10.1. The Kier molecular flexibility index (Phi) is 4.92. The second-order valence-corrected chi connectivity index (χ2v) is 4.85. The van der Waals surface area contributed by atoms with E-state index >= 15 is 0 Å². The van der Waals surface area contributed by atoms with Crippen molar-refractivity contribution in [2.24, 2.45) is 0 Å². The Morgan fingerprint density at radius 1 is 1.43 bits per heavy atom. The van der Waals surface area contributed by atoms with Crippen molar-refractivity contribution in [3.63, 3.8) is 0 Å². The van der Waals surface area contributed by atoms with Crippen LogP contribution in [0.5, 0.6) is 5.75 Å². The number of rotatable bonds is 6. The first-order valence-electron chi connectivity index (χ1n) is 6.98. The summed E-state index contributed by atoms with van der Waals surface area (Å²) in [6.07, 6.45) is 1.40. The fraction of sp³-hybridized carbons (Fsp3) is 0.400. The molecule has 0 radical (unpaired) electrons. The van der Waals surface area contributed by atoms with Crippen LogP contribution >= 0.6 is 0 Å². The molecule has 1 unspecified atom stereocenters. The number of hydrogen-bond donors (Lipinski definition) is 2. The van der Waals surface area contributed by atoms with Crippen molar-refractivity contribution >= 4 is 5.91 Å². The van der Waals surface area contributed by atoms with Crippen molar-refractivity contribution in [1.82, 2.24) is 20.5 Å². The lowest BCUT2D eigenvalue weighted by Crippen LogP contribution is -2.34. The lowest BCUT2D eigenvalue weighted by Gasteiger charge is -2.14. The lowest BCUT2D eigenvalue weighted by molar-refractivity contribution is 0.0930. The fourth-order valence-corrected chi connectivity index (χ4v) is 2.10. The van der Waals surface area contributed by atoms with Gasteiger partial charge in [0.2, 0.25) is 5.82 Å². The van der Waals surface area contributed by atoms with Crippen LogP contribution in [0.2, 0.25) is 0 Å². The molecule has 1 amide bonds. The van der Waals surface area contributed by atoms with Gasteiger partial charge in [0.1, 0.15) is 11.6 Å². The number of amides is 1. The molecule has 21 heavy (non-hydrogen) atoms. The first kappa shape index (κ1) is 15.0. The van der Waals surface area contributed by atoms with E-state index in [2.05, 4.69) is 20.5 Å². The molecular formula is C15H20N4O2. The average Bonchev–Trinajstić information content (AvgIpc) is 2.96. The minimum absolute atomic E-state index is 0.0441. The Balaban J connectivity index is 1.97. The van der Waals surface area contributed by atoms with Gasteiger partial charge in [-0.25, -0.2) is 4.98 Å². The summed E-state index contributed by atoms with van der Waals surface area (Å²) < 4.78 is 5.31. The zero-order valence-corrected chi connectivity index (χ0v) is 12.5. The molecule has 0 aliphatic heterocycles. The van der Waals surface area contributed by atoms with Crippen LogP contribution in [0.4, 0.5) is 0 Å². The van der Waals surface area contributed by atoms with Crippen molar-refractivity contribution < 1.29 is 9.53 Å². The molecule has 0 saturated carbocycles. The fourth-order valence-electron chi connectivity index (χ4n) is 2.10. The summed E-state index contributed by atoms with van der Waals surface area (Å²) in [4.78, 5) is 16.2. The van der Waals surface area contributed by atoms with Gasteiger partial charge in [-0.15, -0.1) is 5.10 Å². The van der Waals surface area contributed by atoms with Gasteiger partial charge in [0.25, 0.3) is 5.91 Å². The summed E-state index contributed by atoms with van der Waals surface area (Å²) in [7, 11) is 1.64. The summed E-state index contributed by atoms with van der Waals surface area (Å²) in [5.74, 6) is 1.44. The van der Waals surface area contributed by atoms with Gasteiger partial charge in [-0.3, -0.25) is 9.89 Å². The van der Waals surface area contributed by atoms with Crippen molar-refractivity contribution in [3.05, 3.63) is 41.5 Å². The van der Waals surface area contributed by atoms with Crippen LogP contribution < -0.4 is 10.1 Å². The van der Waals surface area contributed by atoms with E-state index in [4.69, 9.17) is 4.74 Å². The van der Waals surface area contributed by atoms with Crippen LogP contribution in [-0.4, -0.2) is 34.2 Å². The van der Waals surface area contributed by atoms with Crippen molar-refractivity contribution in [1.29, 1.82) is 0 Å². The highest BCUT2D eigenvalue weighted by molar-refractivity contribution is 5.90. The number of methoxy groups -OCH3 is 1. The maximum absolute atomic E-state index is 12.0. The van der Waals surface area contributed by atoms with Crippen LogP contribution in [0.3, 0.4) is 0 Å². The molecule has 6 heteroatoms. The number of benzene rings is 1. The maximum atomic E-state index is 12.0. The third-order valence-electron chi connectivity index (χ3n) is 3.17. The summed E-state index contributed by atoms with van der Waals surface area (Å²) in [5, 5.41) is 9.54. The lowest BCUT2D eigenvalue weighted by atomic mass is 10.1. The number of carbonyl (C=O) groups excluding carboxylic acids is 1. The number of para-hydroxylation sites is 1. The van der Waals surface area contributed by atoms with E-state index < -0.39 is 0 Å². The molecule has 2 rings (SSSR count). The van der Waals surface area contributed by atoms with Gasteiger partial charge in [0.05, 0.1) is 7.11 Å². The highest BCUT2D eigenvalue weighted by Crippen LogP contribution is 2.18. The number of nitrogens with one attached hydrogen (secondary N) is 2. The van der Waals surface area contributed by atoms with E-state index in [0.717, 1.165) is 17.7 Å². The predicted molar refractivity (Wildman–Crippen MR) is 79.4 cm³/mol. The Morgan fingerprint density at radius 3 is 2.86 bits per heavy atom. The van der Waals surface area contributed by atoms with Gasteiger partial charge in [-0.1, -0.05) is 25.1 Å². The molecule has 6 nitrogen and oxygen atoms in total. The number of hydrogen-bond acceptors (Lipinski definition) is 4. The van der Waals surface area contributed by atoms with Crippen LogP contribution in [0.1, 0.15) is 35.9 Å². The average molecular weight is 288 g/mol. The van der Waals surface area contributed by atoms with E-state index in [1.54, 1.807) is 7.11 Å². The van der Waals surface area contributed by atoms with Gasteiger partial charge in [-0.2, -0.15) is 0 Å². The van der Waals surface area contributed by atoms with Crippen molar-refractivity contribution in [3.8, 4) is 5.75 Å². The second-order valence-electron chi connectivity index (χ2n) is 4.85. The number of carbonyl (C=O) groups is 1. The van der Waals surface area contributed by atoms with E-state index in [1.807, 2.05) is 38.1 Å². The molecule has 1 atom stereocenters. The molecule has 1 aromatic carbocycles. The van der Waals surface area contributed by atoms with E-state index in [1.165, 1.54) is 0 Å². The minimum atomic E-state index is -0.270. The Hall–Kier alpha value is -2.37. The van der Waals surface area contributed by atoms with Gasteiger partial charge in [0, 0.05) is 12.5 Å². The van der Waals surface area contributed by atoms with Crippen LogP contribution in [0, 0.1) is 0 Å². The number of aromatic amines is 1. The van der Waals surface area contributed by atoms with Crippen LogP contribution in [0.15, 0.2) is 24.3 Å². The quantitative estimate of drug-likeness (QED) is 0.848. The third-order valence-corrected chi connectivity index (χ3v) is 3.17. The Morgan fingerprint density at radius 2 is 2.19 bits per heavy atom. The molecule has 0 aliphatic carbocycles. The zero-order valence-electron chi connectivity index (χ0n) is 12.5. The molecule has 0 fully saturated rings. The SMILES string of the molecule is CCc1nc(C(=O)NC(C)Cc2ccccc2OC)n[nH]1. The summed E-state index contributed by atoms with van der Waals surface area (Å²) >= 11 is 0. The molecule has 112 valence electrons. The molecule has 0 aliphatic rings. The topological polar surface area (TPSA) is 79.9 Å². The first-order valence-corrected chi connectivity index (χ1v) is 6.98. The zero-order chi connectivity index (χ0) is 15.2. The van der Waals surface area contributed by atoms with Crippen LogP contribution in [0.25, 0.3) is 0 Å². The smallest absolute Gasteiger partial charge is 0.291 e. The number of aromatic nitrogens is 3. The molecular weight excluding hydrogens is 268 g/mol. The van der Waals surface area contributed by atoms with Gasteiger partial charge in [-0.05, 0) is 25.0 Å². The third kappa shape index (κ3) is 3.81. The molecule has 2 N–H and O–H groups in total. The summed E-state index contributed by atoms with van der Waals surface area (Å²) in [6, 6.07) is 7.73. The largest absolute Gasteiger partial charge is 0.496 e. The number of H-pyrrole nitrogens is 1. The van der Waals surface area contributed by atoms with E-state index in [-0.39, 0.29) is 17.8 Å². The van der Waals surface area contributed by atoms with Gasteiger partial charge >= 0.3 is 0 Å². The predicted octanol–water partition coefficient (Wildman–Crippen LogP) is 1.74. The van der Waals surface area contributed by atoms with E-state index in [0.29, 0.717) is 12.2 Å². The minimum Gasteiger partial charge on any atom is -0.496 e. The maximum Gasteiger partial charge on any atom is 0.291 e. The highest BCUT2D eigenvalue weighted by atomic mass is 16.5. The molecule has 0 spiro atoms. The molecule has 0 saturated heterocycles. The second kappa shape index (κ2) is 6.88.